The summed E-state index contributed by atoms with van der Waals surface area (Å²) in [6.07, 6.45) is 4.20. The first kappa shape index (κ1) is 15.1. The molecule has 0 saturated carbocycles. The number of hydrogen-bond acceptors (Lipinski definition) is 3. The number of piperidine rings is 1. The monoisotopic (exact) mass is 278 g/mol. The van der Waals surface area contributed by atoms with E-state index in [2.05, 4.69) is 20.1 Å². The fourth-order valence-electron chi connectivity index (χ4n) is 2.88. The van der Waals surface area contributed by atoms with Gasteiger partial charge in [0.2, 0.25) is 0 Å². The minimum Gasteiger partial charge on any atom is -0.347 e. The number of carbonyl (C=O) groups is 1. The molecule has 2 N–H and O–H groups in total. The van der Waals surface area contributed by atoms with Crippen molar-refractivity contribution in [2.75, 3.05) is 33.7 Å². The van der Waals surface area contributed by atoms with Gasteiger partial charge in [0.05, 0.1) is 0 Å². The van der Waals surface area contributed by atoms with Crippen molar-refractivity contribution in [3.8, 4) is 0 Å². The third-order valence-corrected chi connectivity index (χ3v) is 3.73. The molecule has 0 bridgehead atoms. The van der Waals surface area contributed by atoms with Crippen molar-refractivity contribution < 1.29 is 4.79 Å². The number of aromatic nitrogens is 1. The molecule has 1 aliphatic rings. The number of likely N-dealkylation sites (N-methyl/N-ethyl adjacent to an activating group) is 1. The lowest BCUT2D eigenvalue weighted by atomic mass is 10.1. The van der Waals surface area contributed by atoms with Crippen molar-refractivity contribution >= 4 is 5.91 Å². The maximum atomic E-state index is 12.4. The van der Waals surface area contributed by atoms with Crippen LogP contribution in [0.2, 0.25) is 0 Å². The number of carbonyl (C=O) groups excluding carboxylic acids is 1. The molecule has 1 aromatic heterocycles. The van der Waals surface area contributed by atoms with Crippen LogP contribution >= 0.6 is 0 Å². The molecule has 5 heteroatoms. The van der Waals surface area contributed by atoms with Crippen LogP contribution in [0, 0.1) is 0 Å². The Morgan fingerprint density at radius 1 is 1.50 bits per heavy atom. The van der Waals surface area contributed by atoms with Gasteiger partial charge < -0.3 is 20.1 Å². The molecule has 0 spiro atoms. The highest BCUT2D eigenvalue weighted by molar-refractivity contribution is 5.93. The Balaban J connectivity index is 2.01. The van der Waals surface area contributed by atoms with Crippen LogP contribution in [-0.2, 0) is 0 Å². The molecule has 112 valence electrons. The number of amides is 1. The lowest BCUT2D eigenvalue weighted by Crippen LogP contribution is -2.40. The van der Waals surface area contributed by atoms with Crippen molar-refractivity contribution in [3.63, 3.8) is 0 Å². The predicted octanol–water partition coefficient (Wildman–Crippen LogP) is 1.09. The van der Waals surface area contributed by atoms with E-state index in [1.54, 1.807) is 0 Å². The van der Waals surface area contributed by atoms with Crippen LogP contribution < -0.4 is 10.6 Å². The lowest BCUT2D eigenvalue weighted by Gasteiger charge is -2.26. The molecule has 1 atom stereocenters. The van der Waals surface area contributed by atoms with Gasteiger partial charge in [-0.1, -0.05) is 0 Å². The molecule has 1 saturated heterocycles. The van der Waals surface area contributed by atoms with Crippen LogP contribution in [0.3, 0.4) is 0 Å². The summed E-state index contributed by atoms with van der Waals surface area (Å²) < 4.78 is 2.14. The second-order valence-electron chi connectivity index (χ2n) is 5.92. The quantitative estimate of drug-likeness (QED) is 0.848. The van der Waals surface area contributed by atoms with Crippen molar-refractivity contribution in [3.05, 3.63) is 24.0 Å². The summed E-state index contributed by atoms with van der Waals surface area (Å²) in [5.41, 5.74) is 0.780. The van der Waals surface area contributed by atoms with E-state index in [1.807, 2.05) is 39.3 Å². The fraction of sp³-hybridized carbons (Fsp3) is 0.667. The summed E-state index contributed by atoms with van der Waals surface area (Å²) in [5.74, 6) is 0.0304. The number of rotatable bonds is 5. The first-order valence-corrected chi connectivity index (χ1v) is 7.41. The topological polar surface area (TPSA) is 49.3 Å². The molecule has 2 heterocycles. The summed E-state index contributed by atoms with van der Waals surface area (Å²) in [4.78, 5) is 14.5. The Hall–Kier alpha value is -1.33. The van der Waals surface area contributed by atoms with Crippen LogP contribution in [0.25, 0.3) is 0 Å². The Labute approximate surface area is 121 Å². The third kappa shape index (κ3) is 3.84. The maximum absolute atomic E-state index is 12.4. The van der Waals surface area contributed by atoms with Gasteiger partial charge in [-0.2, -0.15) is 0 Å². The molecule has 0 aliphatic carbocycles. The third-order valence-electron chi connectivity index (χ3n) is 3.73. The molecular weight excluding hydrogens is 252 g/mol. The number of nitrogens with one attached hydrogen (secondary N) is 2. The van der Waals surface area contributed by atoms with Gasteiger partial charge in [-0.3, -0.25) is 4.79 Å². The van der Waals surface area contributed by atoms with E-state index >= 15 is 0 Å². The number of hydrogen-bond donors (Lipinski definition) is 2. The standard InChI is InChI=1S/C15H26N4O/c1-12(11-18(2)3)17-15(20)14-5-4-10-19(14)13-6-8-16-9-7-13/h4-5,10,12-13,16H,6-9,11H2,1-3H3,(H,17,20). The van der Waals surface area contributed by atoms with Crippen LogP contribution in [0.1, 0.15) is 36.3 Å². The zero-order valence-electron chi connectivity index (χ0n) is 12.7. The normalized spacial score (nSPS) is 18.2. The lowest BCUT2D eigenvalue weighted by molar-refractivity contribution is 0.0921. The molecule has 1 aromatic rings. The highest BCUT2D eigenvalue weighted by atomic mass is 16.2. The van der Waals surface area contributed by atoms with E-state index in [1.165, 1.54) is 0 Å². The zero-order valence-corrected chi connectivity index (χ0v) is 12.7. The second kappa shape index (κ2) is 6.90. The Bertz CT molecular complexity index is 435. The summed E-state index contributed by atoms with van der Waals surface area (Å²) in [5, 5.41) is 6.44. The van der Waals surface area contributed by atoms with Crippen LogP contribution in [-0.4, -0.2) is 55.1 Å². The molecule has 5 nitrogen and oxygen atoms in total. The molecule has 2 rings (SSSR count). The average Bonchev–Trinajstić information content (AvgIpc) is 2.87. The average molecular weight is 278 g/mol. The van der Waals surface area contributed by atoms with Gasteiger partial charge in [-0.05, 0) is 59.1 Å². The van der Waals surface area contributed by atoms with E-state index in [4.69, 9.17) is 0 Å². The largest absolute Gasteiger partial charge is 0.347 e. The highest BCUT2D eigenvalue weighted by Crippen LogP contribution is 2.21. The molecular formula is C15H26N4O. The fourth-order valence-corrected chi connectivity index (χ4v) is 2.88. The van der Waals surface area contributed by atoms with Gasteiger partial charge >= 0.3 is 0 Å². The summed E-state index contributed by atoms with van der Waals surface area (Å²) in [7, 11) is 4.03. The van der Waals surface area contributed by atoms with Crippen LogP contribution in [0.5, 0.6) is 0 Å². The minimum atomic E-state index is 0.0304. The SMILES string of the molecule is CC(CN(C)C)NC(=O)c1cccn1C1CCNCC1. The van der Waals surface area contributed by atoms with Crippen molar-refractivity contribution in [2.45, 2.75) is 31.8 Å². The molecule has 0 aromatic carbocycles. The molecule has 20 heavy (non-hydrogen) atoms. The summed E-state index contributed by atoms with van der Waals surface area (Å²) in [6.45, 7) is 4.94. The molecule has 1 amide bonds. The molecule has 1 aliphatic heterocycles. The first-order valence-electron chi connectivity index (χ1n) is 7.41. The van der Waals surface area contributed by atoms with E-state index < -0.39 is 0 Å². The summed E-state index contributed by atoms with van der Waals surface area (Å²) in [6, 6.07) is 4.47. The van der Waals surface area contributed by atoms with Gasteiger partial charge in [0, 0.05) is 24.8 Å². The van der Waals surface area contributed by atoms with Gasteiger partial charge in [-0.25, -0.2) is 0 Å². The van der Waals surface area contributed by atoms with Crippen molar-refractivity contribution in [1.82, 2.24) is 20.1 Å². The molecule has 1 unspecified atom stereocenters. The van der Waals surface area contributed by atoms with E-state index in [0.29, 0.717) is 6.04 Å². The molecule has 1 fully saturated rings. The van der Waals surface area contributed by atoms with E-state index in [9.17, 15) is 4.79 Å². The van der Waals surface area contributed by atoms with Gasteiger partial charge in [0.15, 0.2) is 0 Å². The minimum absolute atomic E-state index is 0.0304. The Morgan fingerprint density at radius 3 is 2.85 bits per heavy atom. The number of nitrogens with zero attached hydrogens (tertiary/aromatic N) is 2. The Morgan fingerprint density at radius 2 is 2.20 bits per heavy atom. The van der Waals surface area contributed by atoms with Gasteiger partial charge in [-0.15, -0.1) is 0 Å². The Kier molecular flexibility index (Phi) is 5.20. The first-order chi connectivity index (χ1) is 9.58. The zero-order chi connectivity index (χ0) is 14.5. The van der Waals surface area contributed by atoms with E-state index in [-0.39, 0.29) is 11.9 Å². The van der Waals surface area contributed by atoms with Gasteiger partial charge in [0.25, 0.3) is 5.91 Å². The van der Waals surface area contributed by atoms with Crippen molar-refractivity contribution in [2.24, 2.45) is 0 Å². The highest BCUT2D eigenvalue weighted by Gasteiger charge is 2.20. The smallest absolute Gasteiger partial charge is 0.268 e. The van der Waals surface area contributed by atoms with Crippen molar-refractivity contribution in [1.29, 1.82) is 0 Å². The second-order valence-corrected chi connectivity index (χ2v) is 5.92. The van der Waals surface area contributed by atoms with Crippen LogP contribution in [0.4, 0.5) is 0 Å². The van der Waals surface area contributed by atoms with E-state index in [0.717, 1.165) is 38.2 Å². The maximum Gasteiger partial charge on any atom is 0.268 e. The van der Waals surface area contributed by atoms with Gasteiger partial charge in [0.1, 0.15) is 5.69 Å². The van der Waals surface area contributed by atoms with Crippen LogP contribution in [0.15, 0.2) is 18.3 Å². The molecule has 0 radical (unpaired) electrons. The predicted molar refractivity (Wildman–Crippen MR) is 81.1 cm³/mol. The summed E-state index contributed by atoms with van der Waals surface area (Å²) >= 11 is 0.